The summed E-state index contributed by atoms with van der Waals surface area (Å²) in [6.07, 6.45) is 3.73. The van der Waals surface area contributed by atoms with Crippen LogP contribution in [0.25, 0.3) is 0 Å². The molecule has 0 fully saturated rings. The molecule has 0 heterocycles. The number of urea groups is 1. The van der Waals surface area contributed by atoms with Gasteiger partial charge in [-0.3, -0.25) is 0 Å². The standard InChI is InChI=1S/C5H11Cl.C2N2.CH4N2O/c1-2-3-4-5-6;3-1-2-4;2-1(3)4/h2-5H2,1H3;;(H4,2,3,4). The Morgan fingerprint density at radius 2 is 1.64 bits per heavy atom. The SMILES string of the molecule is CCCCCCl.N#CC#N.NC(N)=O. The molecule has 0 aliphatic rings. The summed E-state index contributed by atoms with van der Waals surface area (Å²) in [6.45, 7) is 2.17. The van der Waals surface area contributed by atoms with Crippen molar-refractivity contribution in [1.29, 1.82) is 10.5 Å². The van der Waals surface area contributed by atoms with Crippen LogP contribution < -0.4 is 11.5 Å². The average Bonchev–Trinajstić information content (AvgIpc) is 2.14. The fourth-order valence-corrected chi connectivity index (χ4v) is 0.533. The molecule has 80 valence electrons. The Morgan fingerprint density at radius 1 is 1.29 bits per heavy atom. The molecule has 0 aromatic heterocycles. The van der Waals surface area contributed by atoms with Gasteiger partial charge in [0.05, 0.1) is 0 Å². The molecular formula is C8H15ClN4O. The monoisotopic (exact) mass is 218 g/mol. The zero-order chi connectivity index (χ0) is 11.8. The summed E-state index contributed by atoms with van der Waals surface area (Å²) in [5, 5.41) is 14.5. The van der Waals surface area contributed by atoms with Gasteiger partial charge < -0.3 is 11.5 Å². The number of unbranched alkanes of at least 4 members (excludes halogenated alkanes) is 2. The van der Waals surface area contributed by atoms with E-state index in [0.717, 1.165) is 5.88 Å². The molecule has 5 nitrogen and oxygen atoms in total. The molecule has 0 unspecified atom stereocenters. The first-order valence-corrected chi connectivity index (χ1v) is 4.49. The second-order valence-corrected chi connectivity index (χ2v) is 2.40. The van der Waals surface area contributed by atoms with E-state index in [-0.39, 0.29) is 0 Å². The number of carbonyl (C=O) groups excluding carboxylic acids is 1. The molecule has 0 saturated heterocycles. The highest BCUT2D eigenvalue weighted by Gasteiger charge is 1.76. The van der Waals surface area contributed by atoms with Gasteiger partial charge in [0.1, 0.15) is 0 Å². The van der Waals surface area contributed by atoms with Crippen LogP contribution in [-0.2, 0) is 0 Å². The van der Waals surface area contributed by atoms with E-state index in [0.29, 0.717) is 0 Å². The van der Waals surface area contributed by atoms with E-state index in [1.807, 2.05) is 0 Å². The van der Waals surface area contributed by atoms with Gasteiger partial charge in [0.15, 0.2) is 12.1 Å². The molecule has 0 bridgehead atoms. The largest absolute Gasteiger partial charge is 0.352 e. The van der Waals surface area contributed by atoms with E-state index in [9.17, 15) is 0 Å². The number of alkyl halides is 1. The molecule has 0 aromatic rings. The number of nitriles is 2. The predicted octanol–water partition coefficient (Wildman–Crippen LogP) is 1.47. The van der Waals surface area contributed by atoms with Crippen LogP contribution in [-0.4, -0.2) is 11.9 Å². The maximum absolute atomic E-state index is 9.00. The molecule has 14 heavy (non-hydrogen) atoms. The lowest BCUT2D eigenvalue weighted by Gasteiger charge is -1.84. The number of nitrogens with two attached hydrogens (primary N) is 2. The van der Waals surface area contributed by atoms with Crippen LogP contribution in [0.15, 0.2) is 0 Å². The van der Waals surface area contributed by atoms with E-state index >= 15 is 0 Å². The van der Waals surface area contributed by atoms with E-state index < -0.39 is 6.03 Å². The van der Waals surface area contributed by atoms with Crippen molar-refractivity contribution in [1.82, 2.24) is 0 Å². The van der Waals surface area contributed by atoms with Crippen molar-refractivity contribution in [2.24, 2.45) is 11.5 Å². The molecule has 0 atom stereocenters. The number of nitrogens with zero attached hydrogens (tertiary/aromatic N) is 2. The lowest BCUT2D eigenvalue weighted by atomic mass is 10.3. The van der Waals surface area contributed by atoms with Crippen molar-refractivity contribution in [3.63, 3.8) is 0 Å². The maximum Gasteiger partial charge on any atom is 0.309 e. The van der Waals surface area contributed by atoms with Crippen molar-refractivity contribution < 1.29 is 4.79 Å². The topological polar surface area (TPSA) is 117 Å². The van der Waals surface area contributed by atoms with Crippen LogP contribution in [0.2, 0.25) is 0 Å². The first-order chi connectivity index (χ1) is 6.56. The molecule has 0 saturated carbocycles. The fourth-order valence-electron chi connectivity index (χ4n) is 0.344. The van der Waals surface area contributed by atoms with Crippen molar-refractivity contribution in [2.45, 2.75) is 26.2 Å². The predicted molar refractivity (Wildman–Crippen MR) is 55.2 cm³/mol. The zero-order valence-corrected chi connectivity index (χ0v) is 8.92. The van der Waals surface area contributed by atoms with Crippen molar-refractivity contribution in [3.05, 3.63) is 0 Å². The second kappa shape index (κ2) is 22.5. The summed E-state index contributed by atoms with van der Waals surface area (Å²) in [4.78, 5) is 9.00. The third-order valence-electron chi connectivity index (χ3n) is 0.787. The van der Waals surface area contributed by atoms with Gasteiger partial charge in [0, 0.05) is 5.88 Å². The van der Waals surface area contributed by atoms with Gasteiger partial charge in [-0.05, 0) is 6.42 Å². The molecule has 0 spiro atoms. The highest BCUT2D eigenvalue weighted by atomic mass is 35.5. The molecule has 0 aliphatic heterocycles. The summed E-state index contributed by atoms with van der Waals surface area (Å²) in [6, 6.07) is 1.64. The van der Waals surface area contributed by atoms with Gasteiger partial charge in [-0.15, -0.1) is 11.6 Å². The van der Waals surface area contributed by atoms with Gasteiger partial charge in [-0.25, -0.2) is 4.79 Å². The second-order valence-electron chi connectivity index (χ2n) is 2.02. The Hall–Kier alpha value is -1.46. The molecule has 0 aliphatic carbocycles. The van der Waals surface area contributed by atoms with Crippen LogP contribution in [0, 0.1) is 22.7 Å². The lowest BCUT2D eigenvalue weighted by molar-refractivity contribution is 0.256. The number of hydrogen-bond acceptors (Lipinski definition) is 3. The van der Waals surface area contributed by atoms with Gasteiger partial charge >= 0.3 is 6.03 Å². The third-order valence-corrected chi connectivity index (χ3v) is 1.05. The third kappa shape index (κ3) is 149. The molecule has 0 rings (SSSR count). The van der Waals surface area contributed by atoms with Gasteiger partial charge in [0.2, 0.25) is 0 Å². The molecule has 0 radical (unpaired) electrons. The van der Waals surface area contributed by atoms with Gasteiger partial charge in [0.25, 0.3) is 0 Å². The fraction of sp³-hybridized carbons (Fsp3) is 0.625. The number of primary amides is 2. The van der Waals surface area contributed by atoms with Crippen molar-refractivity contribution in [3.8, 4) is 12.1 Å². The molecular weight excluding hydrogens is 204 g/mol. The van der Waals surface area contributed by atoms with Crippen LogP contribution >= 0.6 is 11.6 Å². The summed E-state index contributed by atoms with van der Waals surface area (Å²) >= 11 is 5.38. The Bertz CT molecular complexity index is 174. The molecule has 2 amide bonds. The van der Waals surface area contributed by atoms with Crippen LogP contribution in [0.5, 0.6) is 0 Å². The van der Waals surface area contributed by atoms with Crippen molar-refractivity contribution in [2.75, 3.05) is 5.88 Å². The Kier molecular flexibility index (Phi) is 29.6. The minimum atomic E-state index is -0.833. The first kappa shape index (κ1) is 18.3. The van der Waals surface area contributed by atoms with E-state index in [2.05, 4.69) is 18.4 Å². The summed E-state index contributed by atoms with van der Waals surface area (Å²) < 4.78 is 0. The maximum atomic E-state index is 9.00. The van der Waals surface area contributed by atoms with E-state index in [1.165, 1.54) is 31.4 Å². The Labute approximate surface area is 89.2 Å². The smallest absolute Gasteiger partial charge is 0.309 e. The number of hydrogen-bond donors (Lipinski definition) is 2. The van der Waals surface area contributed by atoms with Crippen LogP contribution in [0.3, 0.4) is 0 Å². The van der Waals surface area contributed by atoms with E-state index in [1.54, 1.807) is 0 Å². The number of carbonyl (C=O) groups is 1. The minimum absolute atomic E-state index is 0.827. The van der Waals surface area contributed by atoms with Crippen LogP contribution in [0.4, 0.5) is 4.79 Å². The Balaban J connectivity index is -0.000000135. The molecule has 6 heteroatoms. The number of amides is 2. The average molecular weight is 219 g/mol. The molecule has 0 aromatic carbocycles. The van der Waals surface area contributed by atoms with Gasteiger partial charge in [-0.1, -0.05) is 19.8 Å². The summed E-state index contributed by atoms with van der Waals surface area (Å²) in [5.41, 5.74) is 8.50. The summed E-state index contributed by atoms with van der Waals surface area (Å²) in [5.74, 6) is 0.827. The number of halogens is 1. The Morgan fingerprint density at radius 3 is 1.71 bits per heavy atom. The quantitative estimate of drug-likeness (QED) is 0.552. The highest BCUT2D eigenvalue weighted by Crippen LogP contribution is 1.93. The zero-order valence-electron chi connectivity index (χ0n) is 8.16. The summed E-state index contributed by atoms with van der Waals surface area (Å²) in [7, 11) is 0. The normalized spacial score (nSPS) is 6.29. The lowest BCUT2D eigenvalue weighted by Crippen LogP contribution is -2.18. The van der Waals surface area contributed by atoms with Gasteiger partial charge in [-0.2, -0.15) is 10.5 Å². The highest BCUT2D eigenvalue weighted by molar-refractivity contribution is 6.17. The van der Waals surface area contributed by atoms with Crippen molar-refractivity contribution >= 4 is 17.6 Å². The van der Waals surface area contributed by atoms with Crippen LogP contribution in [0.1, 0.15) is 26.2 Å². The number of rotatable bonds is 3. The minimum Gasteiger partial charge on any atom is -0.352 e. The first-order valence-electron chi connectivity index (χ1n) is 3.95. The molecule has 4 N–H and O–H groups in total. The van der Waals surface area contributed by atoms with E-state index in [4.69, 9.17) is 26.9 Å².